The van der Waals surface area contributed by atoms with E-state index in [0.717, 1.165) is 61.1 Å². The fourth-order valence-electron chi connectivity index (χ4n) is 3.09. The van der Waals surface area contributed by atoms with Crippen LogP contribution in [0.5, 0.6) is 0 Å². The summed E-state index contributed by atoms with van der Waals surface area (Å²) in [5, 5.41) is 7.20. The van der Waals surface area contributed by atoms with Gasteiger partial charge in [0.25, 0.3) is 5.91 Å². The second-order valence-electron chi connectivity index (χ2n) is 6.39. The van der Waals surface area contributed by atoms with Gasteiger partial charge in [0.05, 0.1) is 11.8 Å². The summed E-state index contributed by atoms with van der Waals surface area (Å²) in [6, 6.07) is 9.74. The van der Waals surface area contributed by atoms with Crippen molar-refractivity contribution in [1.82, 2.24) is 15.1 Å². The Kier molecular flexibility index (Phi) is 6.26. The molecule has 0 aliphatic carbocycles. The van der Waals surface area contributed by atoms with Gasteiger partial charge in [0, 0.05) is 29.7 Å². The zero-order chi connectivity index (χ0) is 17.6. The summed E-state index contributed by atoms with van der Waals surface area (Å²) in [5.74, 6) is 0.0204. The van der Waals surface area contributed by atoms with Gasteiger partial charge in [-0.15, -0.1) is 0 Å². The molecule has 1 unspecified atom stereocenters. The highest BCUT2D eigenvalue weighted by Gasteiger charge is 2.23. The lowest BCUT2D eigenvalue weighted by molar-refractivity contribution is 0.0432. The van der Waals surface area contributed by atoms with Gasteiger partial charge < -0.3 is 9.64 Å². The van der Waals surface area contributed by atoms with Crippen molar-refractivity contribution in [2.24, 2.45) is 0 Å². The summed E-state index contributed by atoms with van der Waals surface area (Å²) in [6.45, 7) is 4.43. The molecule has 1 aromatic heterocycles. The highest BCUT2D eigenvalue weighted by molar-refractivity contribution is 9.10. The molecule has 1 aromatic carbocycles. The van der Waals surface area contributed by atoms with Crippen molar-refractivity contribution in [2.45, 2.75) is 38.7 Å². The van der Waals surface area contributed by atoms with Crippen LogP contribution in [0.3, 0.4) is 0 Å². The van der Waals surface area contributed by atoms with Crippen molar-refractivity contribution in [3.8, 4) is 11.3 Å². The third-order valence-electron chi connectivity index (χ3n) is 4.47. The van der Waals surface area contributed by atoms with E-state index in [0.29, 0.717) is 5.69 Å². The maximum atomic E-state index is 12.8. The minimum atomic E-state index is 0.0204. The van der Waals surface area contributed by atoms with E-state index in [2.05, 4.69) is 33.1 Å². The molecule has 1 N–H and O–H groups in total. The Labute approximate surface area is 156 Å². The maximum Gasteiger partial charge on any atom is 0.271 e. The largest absolute Gasteiger partial charge is 0.378 e. The Morgan fingerprint density at radius 1 is 1.32 bits per heavy atom. The first-order valence-corrected chi connectivity index (χ1v) is 9.69. The average Bonchev–Trinajstić information content (AvgIpc) is 2.99. The standard InChI is InChI=1S/C19H24BrN3O2/c1-2-12-25-16-4-3-10-23(11-9-16)19(24)18-13-17(21-22-18)14-5-7-15(20)8-6-14/h5-8,13,16H,2-4,9-12H2,1H3,(H,21,22). The molecule has 0 radical (unpaired) electrons. The van der Waals surface area contributed by atoms with Crippen LogP contribution in [0.25, 0.3) is 11.3 Å². The second kappa shape index (κ2) is 8.63. The fourth-order valence-corrected chi connectivity index (χ4v) is 3.35. The third kappa shape index (κ3) is 4.70. The highest BCUT2D eigenvalue weighted by Crippen LogP contribution is 2.22. The lowest BCUT2D eigenvalue weighted by Crippen LogP contribution is -2.32. The van der Waals surface area contributed by atoms with E-state index >= 15 is 0 Å². The Morgan fingerprint density at radius 2 is 2.12 bits per heavy atom. The normalized spacial score (nSPS) is 18.2. The van der Waals surface area contributed by atoms with Crippen LogP contribution >= 0.6 is 15.9 Å². The molecule has 1 aliphatic heterocycles. The van der Waals surface area contributed by atoms with E-state index in [4.69, 9.17) is 4.74 Å². The summed E-state index contributed by atoms with van der Waals surface area (Å²) in [7, 11) is 0. The van der Waals surface area contributed by atoms with Gasteiger partial charge in [0.15, 0.2) is 0 Å². The average molecular weight is 406 g/mol. The number of rotatable bonds is 5. The van der Waals surface area contributed by atoms with E-state index in [1.165, 1.54) is 0 Å². The molecule has 0 spiro atoms. The van der Waals surface area contributed by atoms with Crippen LogP contribution in [-0.2, 0) is 4.74 Å². The van der Waals surface area contributed by atoms with Gasteiger partial charge in [-0.05, 0) is 43.9 Å². The van der Waals surface area contributed by atoms with Crippen LogP contribution in [0.4, 0.5) is 0 Å². The van der Waals surface area contributed by atoms with Crippen LogP contribution < -0.4 is 0 Å². The zero-order valence-electron chi connectivity index (χ0n) is 14.5. The Morgan fingerprint density at radius 3 is 2.88 bits per heavy atom. The van der Waals surface area contributed by atoms with Crippen molar-refractivity contribution in [2.75, 3.05) is 19.7 Å². The maximum absolute atomic E-state index is 12.8. The van der Waals surface area contributed by atoms with Crippen molar-refractivity contribution in [3.05, 3.63) is 40.5 Å². The number of hydrogen-bond donors (Lipinski definition) is 1. The number of nitrogens with one attached hydrogen (secondary N) is 1. The number of carbonyl (C=O) groups is 1. The highest BCUT2D eigenvalue weighted by atomic mass is 79.9. The molecule has 0 bridgehead atoms. The molecule has 6 heteroatoms. The van der Waals surface area contributed by atoms with E-state index in [1.54, 1.807) is 0 Å². The summed E-state index contributed by atoms with van der Waals surface area (Å²) in [6.07, 6.45) is 4.22. The molecule has 134 valence electrons. The molecule has 2 aromatic rings. The summed E-state index contributed by atoms with van der Waals surface area (Å²) in [5.41, 5.74) is 2.32. The summed E-state index contributed by atoms with van der Waals surface area (Å²) in [4.78, 5) is 14.7. The number of hydrogen-bond acceptors (Lipinski definition) is 3. The minimum Gasteiger partial charge on any atom is -0.378 e. The Bertz CT molecular complexity index is 699. The topological polar surface area (TPSA) is 58.2 Å². The molecule has 3 rings (SSSR count). The van der Waals surface area contributed by atoms with Gasteiger partial charge in [0.2, 0.25) is 0 Å². The van der Waals surface area contributed by atoms with Crippen molar-refractivity contribution < 1.29 is 9.53 Å². The van der Waals surface area contributed by atoms with E-state index < -0.39 is 0 Å². The molecule has 2 heterocycles. The number of likely N-dealkylation sites (tertiary alicyclic amines) is 1. The van der Waals surface area contributed by atoms with Crippen molar-refractivity contribution >= 4 is 21.8 Å². The third-order valence-corrected chi connectivity index (χ3v) is 5.00. The second-order valence-corrected chi connectivity index (χ2v) is 7.31. The number of aromatic nitrogens is 2. The van der Waals surface area contributed by atoms with Gasteiger partial charge in [-0.2, -0.15) is 5.10 Å². The van der Waals surface area contributed by atoms with E-state index in [1.807, 2.05) is 35.2 Å². The molecule has 1 amide bonds. The number of H-pyrrole nitrogens is 1. The van der Waals surface area contributed by atoms with Gasteiger partial charge >= 0.3 is 0 Å². The predicted octanol–water partition coefficient (Wildman–Crippen LogP) is 4.26. The molecule has 1 aliphatic rings. The minimum absolute atomic E-state index is 0.0204. The SMILES string of the molecule is CCCOC1CCCN(C(=O)c2cc(-c3ccc(Br)cc3)n[nH]2)CC1. The van der Waals surface area contributed by atoms with E-state index in [9.17, 15) is 4.79 Å². The van der Waals surface area contributed by atoms with Crippen LogP contribution in [0.15, 0.2) is 34.8 Å². The van der Waals surface area contributed by atoms with E-state index in [-0.39, 0.29) is 12.0 Å². The molecule has 1 saturated heterocycles. The van der Waals surface area contributed by atoms with Crippen LogP contribution in [0.1, 0.15) is 43.1 Å². The van der Waals surface area contributed by atoms with Gasteiger partial charge in [0.1, 0.15) is 5.69 Å². The summed E-state index contributed by atoms with van der Waals surface area (Å²) >= 11 is 3.43. The number of amides is 1. The number of benzene rings is 1. The van der Waals surface area contributed by atoms with Gasteiger partial charge in [-0.25, -0.2) is 0 Å². The number of ether oxygens (including phenoxy) is 1. The molecule has 1 fully saturated rings. The molecule has 1 atom stereocenters. The first-order valence-electron chi connectivity index (χ1n) is 8.89. The zero-order valence-corrected chi connectivity index (χ0v) is 16.1. The van der Waals surface area contributed by atoms with Crippen LogP contribution in [0.2, 0.25) is 0 Å². The Balaban J connectivity index is 1.64. The molecule has 5 nitrogen and oxygen atoms in total. The number of aromatic amines is 1. The lowest BCUT2D eigenvalue weighted by Gasteiger charge is -2.19. The lowest BCUT2D eigenvalue weighted by atomic mass is 10.1. The molecular weight excluding hydrogens is 382 g/mol. The van der Waals surface area contributed by atoms with Crippen molar-refractivity contribution in [3.63, 3.8) is 0 Å². The van der Waals surface area contributed by atoms with Gasteiger partial charge in [-0.3, -0.25) is 9.89 Å². The predicted molar refractivity (Wildman–Crippen MR) is 102 cm³/mol. The van der Waals surface area contributed by atoms with Crippen molar-refractivity contribution in [1.29, 1.82) is 0 Å². The number of halogens is 1. The van der Waals surface area contributed by atoms with Crippen LogP contribution in [0, 0.1) is 0 Å². The fraction of sp³-hybridized carbons (Fsp3) is 0.474. The first kappa shape index (κ1) is 18.1. The first-order chi connectivity index (χ1) is 12.2. The number of carbonyl (C=O) groups excluding carboxylic acids is 1. The summed E-state index contributed by atoms with van der Waals surface area (Å²) < 4.78 is 6.88. The quantitative estimate of drug-likeness (QED) is 0.807. The molecule has 0 saturated carbocycles. The number of nitrogens with zero attached hydrogens (tertiary/aromatic N) is 2. The monoisotopic (exact) mass is 405 g/mol. The van der Waals surface area contributed by atoms with Crippen LogP contribution in [-0.4, -0.2) is 46.8 Å². The molecule has 25 heavy (non-hydrogen) atoms. The van der Waals surface area contributed by atoms with Gasteiger partial charge in [-0.1, -0.05) is 35.0 Å². The smallest absolute Gasteiger partial charge is 0.271 e. The Hall–Kier alpha value is -1.66. The molecular formula is C19H24BrN3O2.